The summed E-state index contributed by atoms with van der Waals surface area (Å²) in [5, 5.41) is 0. The molecule has 0 radical (unpaired) electrons. The highest BCUT2D eigenvalue weighted by atomic mass is 15.1. The summed E-state index contributed by atoms with van der Waals surface area (Å²) in [4.78, 5) is 15.4. The summed E-state index contributed by atoms with van der Waals surface area (Å²) in [6, 6.07) is 24.4. The molecule has 0 amide bonds. The van der Waals surface area contributed by atoms with Crippen LogP contribution in [0.5, 0.6) is 0 Å². The molecule has 3 aromatic heterocycles. The van der Waals surface area contributed by atoms with Gasteiger partial charge in [-0.25, -0.2) is 0 Å². The summed E-state index contributed by atoms with van der Waals surface area (Å²) in [6.07, 6.45) is 20.9. The van der Waals surface area contributed by atoms with Gasteiger partial charge in [-0.3, -0.25) is 19.9 Å². The Hall–Kier alpha value is -4.35. The monoisotopic (exact) mass is 631 g/mol. The smallest absolute Gasteiger partial charge is 0.0544 e. The fourth-order valence-electron chi connectivity index (χ4n) is 4.84. The number of benzene rings is 1. The molecule has 3 heterocycles. The van der Waals surface area contributed by atoms with Gasteiger partial charge in [0.15, 0.2) is 0 Å². The summed E-state index contributed by atoms with van der Waals surface area (Å²) in [7, 11) is 0. The van der Waals surface area contributed by atoms with Gasteiger partial charge in [0.2, 0.25) is 0 Å². The average molecular weight is 632 g/mol. The molecule has 0 spiro atoms. The Bertz CT molecular complexity index is 1390. The molecule has 0 unspecified atom stereocenters. The van der Waals surface area contributed by atoms with Crippen molar-refractivity contribution in [3.05, 3.63) is 156 Å². The van der Waals surface area contributed by atoms with Crippen LogP contribution in [0.15, 0.2) is 128 Å². The van der Waals surface area contributed by atoms with Crippen LogP contribution >= 0.6 is 0 Å². The van der Waals surface area contributed by atoms with Crippen LogP contribution in [0, 0.1) is 5.92 Å². The number of unbranched alkanes of at least 4 members (excludes halogenated alkanes) is 2. The summed E-state index contributed by atoms with van der Waals surface area (Å²) < 4.78 is 0. The second-order valence-corrected chi connectivity index (χ2v) is 12.1. The standard InChI is InChI=1S/C21H24N4.C14H24.C7H9N/c1-2-17-11-18(13-19(22)12-17)14-25(15-20-7-3-5-9-23-20)16-21-8-4-6-10-24-21;1-5-6-7-8-9-10-11-14(4)12-13(2)3;1-2-7-5-3-4-6-8-7/h3-13H,2,14-16,22H2,1H3;8-11,13H,4-7,12H2,1-3H3;3-6H,2H2,1H3/b;9-8-,11-10-;. The van der Waals surface area contributed by atoms with Crippen molar-refractivity contribution < 1.29 is 0 Å². The Morgan fingerprint density at radius 2 is 1.32 bits per heavy atom. The highest BCUT2D eigenvalue weighted by molar-refractivity contribution is 5.44. The Kier molecular flexibility index (Phi) is 19.8. The van der Waals surface area contributed by atoms with Crippen LogP contribution in [-0.2, 0) is 32.5 Å². The van der Waals surface area contributed by atoms with E-state index in [2.05, 4.69) is 110 Å². The van der Waals surface area contributed by atoms with Crippen molar-refractivity contribution in [3.63, 3.8) is 0 Å². The lowest BCUT2D eigenvalue weighted by atomic mass is 10.0. The van der Waals surface area contributed by atoms with Gasteiger partial charge in [0, 0.05) is 49.6 Å². The van der Waals surface area contributed by atoms with Crippen LogP contribution in [-0.4, -0.2) is 19.9 Å². The molecule has 1 aromatic carbocycles. The van der Waals surface area contributed by atoms with E-state index < -0.39 is 0 Å². The van der Waals surface area contributed by atoms with Gasteiger partial charge in [-0.15, -0.1) is 0 Å². The second kappa shape index (κ2) is 23.9. The van der Waals surface area contributed by atoms with Gasteiger partial charge in [-0.1, -0.05) is 108 Å². The summed E-state index contributed by atoms with van der Waals surface area (Å²) in [5.41, 5.74) is 13.9. The Labute approximate surface area is 285 Å². The summed E-state index contributed by atoms with van der Waals surface area (Å²) in [5.74, 6) is 0.705. The lowest BCUT2D eigenvalue weighted by Crippen LogP contribution is -2.23. The third-order valence-electron chi connectivity index (χ3n) is 7.18. The zero-order valence-corrected chi connectivity index (χ0v) is 29.5. The first kappa shape index (κ1) is 38.8. The lowest BCUT2D eigenvalue weighted by Gasteiger charge is -2.22. The first-order valence-corrected chi connectivity index (χ1v) is 17.1. The highest BCUT2D eigenvalue weighted by Gasteiger charge is 2.11. The number of allylic oxidation sites excluding steroid dienone is 5. The van der Waals surface area contributed by atoms with Gasteiger partial charge in [-0.05, 0) is 91.3 Å². The minimum absolute atomic E-state index is 0.705. The second-order valence-electron chi connectivity index (χ2n) is 12.1. The van der Waals surface area contributed by atoms with Crippen molar-refractivity contribution in [3.8, 4) is 0 Å². The third kappa shape index (κ3) is 18.4. The third-order valence-corrected chi connectivity index (χ3v) is 7.18. The van der Waals surface area contributed by atoms with Crippen molar-refractivity contribution in [2.24, 2.45) is 5.92 Å². The molecule has 47 heavy (non-hydrogen) atoms. The maximum Gasteiger partial charge on any atom is 0.0544 e. The Morgan fingerprint density at radius 1 is 0.745 bits per heavy atom. The number of aromatic nitrogens is 3. The molecule has 0 aliphatic carbocycles. The molecule has 0 aliphatic heterocycles. The topological polar surface area (TPSA) is 67.9 Å². The predicted molar refractivity (Wildman–Crippen MR) is 202 cm³/mol. The van der Waals surface area contributed by atoms with Crippen molar-refractivity contribution >= 4 is 5.69 Å². The minimum Gasteiger partial charge on any atom is -0.399 e. The van der Waals surface area contributed by atoms with Gasteiger partial charge in [-0.2, -0.15) is 0 Å². The van der Waals surface area contributed by atoms with Gasteiger partial charge < -0.3 is 5.73 Å². The Morgan fingerprint density at radius 3 is 1.79 bits per heavy atom. The fraction of sp³-hybridized carbons (Fsp3) is 0.357. The van der Waals surface area contributed by atoms with Gasteiger partial charge in [0.1, 0.15) is 0 Å². The quantitative estimate of drug-likeness (QED) is 0.0803. The molecule has 2 N–H and O–H groups in total. The number of hydrogen-bond donors (Lipinski definition) is 1. The number of aryl methyl sites for hydroxylation is 2. The lowest BCUT2D eigenvalue weighted by molar-refractivity contribution is 0.241. The molecule has 0 saturated carbocycles. The van der Waals surface area contributed by atoms with E-state index in [1.807, 2.05) is 67.1 Å². The molecular formula is C42H57N5. The van der Waals surface area contributed by atoms with Crippen molar-refractivity contribution in [2.45, 2.75) is 92.8 Å². The van der Waals surface area contributed by atoms with E-state index in [1.54, 1.807) is 0 Å². The SMILES string of the molecule is C=C(/C=C\C=C/CCCC)CC(C)C.CCc1cc(N)cc(CN(Cc2ccccn2)Cc2ccccn2)c1.CCc1ccccn1. The normalized spacial score (nSPS) is 11.0. The number of pyridine rings is 3. The molecule has 5 nitrogen and oxygen atoms in total. The van der Waals surface area contributed by atoms with E-state index in [9.17, 15) is 0 Å². The highest BCUT2D eigenvalue weighted by Crippen LogP contribution is 2.17. The maximum atomic E-state index is 6.07. The van der Waals surface area contributed by atoms with Crippen LogP contribution in [0.1, 0.15) is 88.5 Å². The molecule has 250 valence electrons. The molecule has 4 aromatic rings. The van der Waals surface area contributed by atoms with Gasteiger partial charge in [0.25, 0.3) is 0 Å². The minimum atomic E-state index is 0.705. The number of anilines is 1. The van der Waals surface area contributed by atoms with E-state index in [0.717, 1.165) is 61.7 Å². The molecular weight excluding hydrogens is 574 g/mol. The van der Waals surface area contributed by atoms with Crippen LogP contribution in [0.3, 0.4) is 0 Å². The largest absolute Gasteiger partial charge is 0.399 e. The molecule has 0 atom stereocenters. The molecule has 0 bridgehead atoms. The van der Waals surface area contributed by atoms with Crippen LogP contribution in [0.2, 0.25) is 0 Å². The molecule has 0 saturated heterocycles. The summed E-state index contributed by atoms with van der Waals surface area (Å²) >= 11 is 0. The average Bonchev–Trinajstić information content (AvgIpc) is 3.07. The first-order valence-electron chi connectivity index (χ1n) is 17.1. The molecule has 0 aliphatic rings. The molecule has 5 heteroatoms. The van der Waals surface area contributed by atoms with Crippen LogP contribution < -0.4 is 5.73 Å². The van der Waals surface area contributed by atoms with Gasteiger partial charge >= 0.3 is 0 Å². The molecule has 4 rings (SSSR count). The van der Waals surface area contributed by atoms with E-state index in [0.29, 0.717) is 5.92 Å². The Balaban J connectivity index is 0.000000292. The summed E-state index contributed by atoms with van der Waals surface area (Å²) in [6.45, 7) is 17.3. The number of nitrogens with zero attached hydrogens (tertiary/aromatic N) is 4. The fourth-order valence-corrected chi connectivity index (χ4v) is 4.84. The zero-order chi connectivity index (χ0) is 34.1. The number of nitrogens with two attached hydrogens (primary N) is 1. The number of rotatable bonds is 15. The van der Waals surface area contributed by atoms with Crippen LogP contribution in [0.25, 0.3) is 0 Å². The van der Waals surface area contributed by atoms with Crippen LogP contribution in [0.4, 0.5) is 5.69 Å². The predicted octanol–water partition coefficient (Wildman–Crippen LogP) is 10.4. The first-order chi connectivity index (χ1) is 22.8. The van der Waals surface area contributed by atoms with Gasteiger partial charge in [0.05, 0.1) is 11.4 Å². The number of nitrogen functional groups attached to an aromatic ring is 1. The van der Waals surface area contributed by atoms with E-state index in [-0.39, 0.29) is 0 Å². The zero-order valence-electron chi connectivity index (χ0n) is 29.5. The van der Waals surface area contributed by atoms with E-state index in [1.165, 1.54) is 36.0 Å². The van der Waals surface area contributed by atoms with E-state index in [4.69, 9.17) is 5.73 Å². The number of hydrogen-bond acceptors (Lipinski definition) is 5. The molecule has 0 fully saturated rings. The van der Waals surface area contributed by atoms with Crippen molar-refractivity contribution in [1.29, 1.82) is 0 Å². The van der Waals surface area contributed by atoms with Crippen molar-refractivity contribution in [1.82, 2.24) is 19.9 Å². The maximum absolute atomic E-state index is 6.07. The van der Waals surface area contributed by atoms with E-state index >= 15 is 0 Å². The van der Waals surface area contributed by atoms with Crippen molar-refractivity contribution in [2.75, 3.05) is 5.73 Å².